The van der Waals surface area contributed by atoms with E-state index >= 15 is 0 Å². The lowest BCUT2D eigenvalue weighted by Crippen LogP contribution is -2.46. The van der Waals surface area contributed by atoms with Gasteiger partial charge in [0.05, 0.1) is 18.9 Å². The van der Waals surface area contributed by atoms with Gasteiger partial charge >= 0.3 is 0 Å². The second-order valence-electron chi connectivity index (χ2n) is 8.07. The molecule has 0 aliphatic carbocycles. The quantitative estimate of drug-likeness (QED) is 0.732. The molecule has 3 heterocycles. The first-order valence-corrected chi connectivity index (χ1v) is 10.6. The number of rotatable bonds is 6. The van der Waals surface area contributed by atoms with Gasteiger partial charge in [-0.15, -0.1) is 0 Å². The Balaban J connectivity index is 1.78. The highest BCUT2D eigenvalue weighted by atomic mass is 32.2. The van der Waals surface area contributed by atoms with Gasteiger partial charge in [-0.05, 0) is 18.4 Å². The zero-order valence-corrected chi connectivity index (χ0v) is 17.6. The largest absolute Gasteiger partial charge is 0.379 e. The number of nitrogens with zero attached hydrogens (tertiary/aromatic N) is 5. The number of pyridine rings is 1. The van der Waals surface area contributed by atoms with Gasteiger partial charge in [-0.1, -0.05) is 13.8 Å². The van der Waals surface area contributed by atoms with Crippen molar-refractivity contribution in [2.45, 2.75) is 25.7 Å². The van der Waals surface area contributed by atoms with Crippen LogP contribution in [0.25, 0.3) is 11.0 Å². The molecular weight excluding hydrogens is 366 g/mol. The van der Waals surface area contributed by atoms with Crippen LogP contribution < -0.4 is 0 Å². The SMILES string of the molecule is Cc1nn(C)c2ncc(S(=O)(=O)N(C)CC(C)(C)CN3CCOCC3)cc12. The summed E-state index contributed by atoms with van der Waals surface area (Å²) in [5.41, 5.74) is 1.27. The van der Waals surface area contributed by atoms with Crippen LogP contribution >= 0.6 is 0 Å². The van der Waals surface area contributed by atoms with Crippen LogP contribution in [-0.4, -0.2) is 78.8 Å². The molecule has 27 heavy (non-hydrogen) atoms. The maximum absolute atomic E-state index is 13.1. The summed E-state index contributed by atoms with van der Waals surface area (Å²) in [6.07, 6.45) is 1.42. The molecule has 0 saturated carbocycles. The van der Waals surface area contributed by atoms with E-state index in [4.69, 9.17) is 4.74 Å². The van der Waals surface area contributed by atoms with Crippen LogP contribution in [-0.2, 0) is 21.8 Å². The highest BCUT2D eigenvalue weighted by Gasteiger charge is 2.30. The van der Waals surface area contributed by atoms with E-state index in [-0.39, 0.29) is 10.3 Å². The van der Waals surface area contributed by atoms with E-state index in [0.29, 0.717) is 12.2 Å². The van der Waals surface area contributed by atoms with Crippen LogP contribution in [0.5, 0.6) is 0 Å². The molecule has 2 aromatic rings. The fourth-order valence-electron chi connectivity index (χ4n) is 3.71. The monoisotopic (exact) mass is 395 g/mol. The van der Waals surface area contributed by atoms with Crippen molar-refractivity contribution in [3.8, 4) is 0 Å². The molecule has 8 nitrogen and oxygen atoms in total. The second kappa shape index (κ2) is 7.46. The van der Waals surface area contributed by atoms with Gasteiger partial charge < -0.3 is 4.74 Å². The molecule has 0 unspecified atom stereocenters. The first kappa shape index (κ1) is 20.2. The van der Waals surface area contributed by atoms with Gasteiger partial charge in [0.15, 0.2) is 5.65 Å². The minimum atomic E-state index is -3.62. The number of aromatic nitrogens is 3. The summed E-state index contributed by atoms with van der Waals surface area (Å²) in [4.78, 5) is 6.85. The molecule has 9 heteroatoms. The topological polar surface area (TPSA) is 80.6 Å². The number of hydrogen-bond acceptors (Lipinski definition) is 6. The summed E-state index contributed by atoms with van der Waals surface area (Å²) in [6, 6.07) is 1.67. The summed E-state index contributed by atoms with van der Waals surface area (Å²) >= 11 is 0. The summed E-state index contributed by atoms with van der Waals surface area (Å²) in [5, 5.41) is 5.08. The first-order chi connectivity index (χ1) is 12.6. The van der Waals surface area contributed by atoms with E-state index in [1.165, 1.54) is 10.5 Å². The number of morpholine rings is 1. The highest BCUT2D eigenvalue weighted by molar-refractivity contribution is 7.89. The van der Waals surface area contributed by atoms with E-state index in [9.17, 15) is 8.42 Å². The third kappa shape index (κ3) is 4.31. The average Bonchev–Trinajstić information content (AvgIpc) is 2.88. The van der Waals surface area contributed by atoms with Crippen molar-refractivity contribution in [1.82, 2.24) is 24.0 Å². The van der Waals surface area contributed by atoms with Gasteiger partial charge in [-0.25, -0.2) is 17.7 Å². The highest BCUT2D eigenvalue weighted by Crippen LogP contribution is 2.25. The zero-order valence-electron chi connectivity index (χ0n) is 16.8. The van der Waals surface area contributed by atoms with Gasteiger partial charge in [-0.3, -0.25) is 9.58 Å². The van der Waals surface area contributed by atoms with Crippen molar-refractivity contribution in [3.63, 3.8) is 0 Å². The molecule has 1 aliphatic rings. The van der Waals surface area contributed by atoms with Gasteiger partial charge in [0, 0.05) is 51.9 Å². The molecule has 0 spiro atoms. The van der Waals surface area contributed by atoms with Crippen LogP contribution in [0.3, 0.4) is 0 Å². The fraction of sp³-hybridized carbons (Fsp3) is 0.667. The van der Waals surface area contributed by atoms with Crippen LogP contribution in [0.2, 0.25) is 0 Å². The molecule has 0 amide bonds. The molecule has 3 rings (SSSR count). The standard InChI is InChI=1S/C18H29N5O3S/c1-14-16-10-15(11-19-17(16)22(5)20-14)27(24,25)21(4)12-18(2,3)13-23-6-8-26-9-7-23/h10-11H,6-9,12-13H2,1-5H3. The molecule has 0 radical (unpaired) electrons. The van der Waals surface area contributed by atoms with Gasteiger partial charge in [-0.2, -0.15) is 5.10 Å². The van der Waals surface area contributed by atoms with Gasteiger partial charge in [0.2, 0.25) is 10.0 Å². The smallest absolute Gasteiger partial charge is 0.244 e. The van der Waals surface area contributed by atoms with Crippen molar-refractivity contribution in [2.24, 2.45) is 12.5 Å². The van der Waals surface area contributed by atoms with E-state index in [2.05, 4.69) is 28.8 Å². The second-order valence-corrected chi connectivity index (χ2v) is 10.1. The Morgan fingerprint density at radius 2 is 1.96 bits per heavy atom. The average molecular weight is 396 g/mol. The molecule has 0 N–H and O–H groups in total. The zero-order chi connectivity index (χ0) is 19.8. The first-order valence-electron chi connectivity index (χ1n) is 9.16. The van der Waals surface area contributed by atoms with Crippen LogP contribution in [0, 0.1) is 12.3 Å². The Kier molecular flexibility index (Phi) is 5.58. The molecule has 1 saturated heterocycles. The fourth-order valence-corrected chi connectivity index (χ4v) is 5.04. The minimum absolute atomic E-state index is 0.180. The third-order valence-electron chi connectivity index (χ3n) is 4.95. The number of sulfonamides is 1. The van der Waals surface area contributed by atoms with Gasteiger partial charge in [0.1, 0.15) is 4.90 Å². The summed E-state index contributed by atoms with van der Waals surface area (Å²) in [7, 11) is -0.183. The maximum atomic E-state index is 13.1. The number of hydrogen-bond donors (Lipinski definition) is 0. The predicted octanol–water partition coefficient (Wildman–Crippen LogP) is 1.26. The van der Waals surface area contributed by atoms with E-state index in [1.54, 1.807) is 24.8 Å². The Hall–Kier alpha value is -1.55. The van der Waals surface area contributed by atoms with Crippen LogP contribution in [0.1, 0.15) is 19.5 Å². The third-order valence-corrected chi connectivity index (χ3v) is 6.72. The summed E-state index contributed by atoms with van der Waals surface area (Å²) in [5.74, 6) is 0. The lowest BCUT2D eigenvalue weighted by molar-refractivity contribution is 0.0193. The summed E-state index contributed by atoms with van der Waals surface area (Å²) in [6.45, 7) is 10.6. The molecule has 150 valence electrons. The molecule has 0 aromatic carbocycles. The Morgan fingerprint density at radius 1 is 1.30 bits per heavy atom. The predicted molar refractivity (Wildman–Crippen MR) is 104 cm³/mol. The number of ether oxygens (including phenoxy) is 1. The van der Waals surface area contributed by atoms with Crippen LogP contribution in [0.15, 0.2) is 17.2 Å². The maximum Gasteiger partial charge on any atom is 0.244 e. The molecule has 1 fully saturated rings. The molecular formula is C18H29N5O3S. The Bertz CT molecular complexity index is 916. The number of aryl methyl sites for hydroxylation is 2. The minimum Gasteiger partial charge on any atom is -0.379 e. The molecule has 0 bridgehead atoms. The summed E-state index contributed by atoms with van der Waals surface area (Å²) < 4.78 is 34.7. The lowest BCUT2D eigenvalue weighted by Gasteiger charge is -2.36. The number of fused-ring (bicyclic) bond motifs is 1. The normalized spacial score (nSPS) is 17.1. The van der Waals surface area contributed by atoms with Crippen molar-refractivity contribution in [3.05, 3.63) is 18.0 Å². The van der Waals surface area contributed by atoms with Crippen molar-refractivity contribution in [2.75, 3.05) is 46.4 Å². The Labute approximate surface area is 161 Å². The Morgan fingerprint density at radius 3 is 2.63 bits per heavy atom. The van der Waals surface area contributed by atoms with E-state index < -0.39 is 10.0 Å². The van der Waals surface area contributed by atoms with Crippen molar-refractivity contribution < 1.29 is 13.2 Å². The molecule has 1 aliphatic heterocycles. The van der Waals surface area contributed by atoms with Crippen LogP contribution in [0.4, 0.5) is 0 Å². The molecule has 2 aromatic heterocycles. The van der Waals surface area contributed by atoms with E-state index in [1.807, 2.05) is 6.92 Å². The van der Waals surface area contributed by atoms with Crippen molar-refractivity contribution in [1.29, 1.82) is 0 Å². The molecule has 0 atom stereocenters. The van der Waals surface area contributed by atoms with Gasteiger partial charge in [0.25, 0.3) is 0 Å². The lowest BCUT2D eigenvalue weighted by atomic mass is 9.92. The van der Waals surface area contributed by atoms with Crippen molar-refractivity contribution >= 4 is 21.1 Å². The van der Waals surface area contributed by atoms with E-state index in [0.717, 1.165) is 43.9 Å².